The molecule has 2 aromatic rings. The maximum Gasteiger partial charge on any atom is 0.433 e. The van der Waals surface area contributed by atoms with Gasteiger partial charge < -0.3 is 9.64 Å². The quantitative estimate of drug-likeness (QED) is 0.774. The van der Waals surface area contributed by atoms with Gasteiger partial charge in [-0.1, -0.05) is 12.1 Å². The molecular formula is C19H21F3N2O2. The molecule has 0 N–H and O–H groups in total. The van der Waals surface area contributed by atoms with Crippen molar-refractivity contribution in [3.8, 4) is 5.75 Å². The molecule has 0 aliphatic heterocycles. The first-order valence-electron chi connectivity index (χ1n) is 8.18. The fourth-order valence-corrected chi connectivity index (χ4v) is 2.77. The molecule has 1 aromatic carbocycles. The summed E-state index contributed by atoms with van der Waals surface area (Å²) >= 11 is 0. The maximum absolute atomic E-state index is 12.9. The van der Waals surface area contributed by atoms with Crippen molar-refractivity contribution in [1.82, 2.24) is 9.88 Å². The Morgan fingerprint density at radius 3 is 2.50 bits per heavy atom. The first kappa shape index (κ1) is 19.8. The molecule has 1 amide bonds. The van der Waals surface area contributed by atoms with Crippen LogP contribution >= 0.6 is 0 Å². The molecule has 0 fully saturated rings. The fourth-order valence-electron chi connectivity index (χ4n) is 2.77. The van der Waals surface area contributed by atoms with Gasteiger partial charge in [-0.25, -0.2) is 4.98 Å². The van der Waals surface area contributed by atoms with E-state index in [-0.39, 0.29) is 23.2 Å². The summed E-state index contributed by atoms with van der Waals surface area (Å²) in [5, 5.41) is 0. The van der Waals surface area contributed by atoms with E-state index in [1.165, 1.54) is 13.0 Å². The molecule has 0 saturated carbocycles. The second kappa shape index (κ2) is 7.76. The van der Waals surface area contributed by atoms with Crippen LogP contribution in [0.4, 0.5) is 13.2 Å². The van der Waals surface area contributed by atoms with Crippen molar-refractivity contribution in [1.29, 1.82) is 0 Å². The highest BCUT2D eigenvalue weighted by molar-refractivity contribution is 5.95. The number of aryl methyl sites for hydroxylation is 1. The zero-order chi connectivity index (χ0) is 19.5. The van der Waals surface area contributed by atoms with E-state index >= 15 is 0 Å². The van der Waals surface area contributed by atoms with E-state index in [0.717, 1.165) is 11.6 Å². The molecule has 4 nitrogen and oxygen atoms in total. The molecule has 0 aliphatic carbocycles. The van der Waals surface area contributed by atoms with Gasteiger partial charge in [0.05, 0.1) is 24.4 Å². The third-order valence-corrected chi connectivity index (χ3v) is 4.25. The van der Waals surface area contributed by atoms with E-state index in [1.807, 2.05) is 32.0 Å². The molecule has 1 aromatic heterocycles. The summed E-state index contributed by atoms with van der Waals surface area (Å²) in [7, 11) is 1.56. The van der Waals surface area contributed by atoms with Crippen LogP contribution in [-0.2, 0) is 6.18 Å². The molecule has 0 bridgehead atoms. The maximum atomic E-state index is 12.9. The van der Waals surface area contributed by atoms with Gasteiger partial charge in [-0.2, -0.15) is 13.2 Å². The Kier molecular flexibility index (Phi) is 5.90. The van der Waals surface area contributed by atoms with Crippen LogP contribution < -0.4 is 4.74 Å². The first-order valence-corrected chi connectivity index (χ1v) is 8.18. The van der Waals surface area contributed by atoms with Gasteiger partial charge in [-0.3, -0.25) is 4.79 Å². The van der Waals surface area contributed by atoms with Crippen LogP contribution in [0.2, 0.25) is 0 Å². The Bertz CT molecular complexity index is 791. The lowest BCUT2D eigenvalue weighted by atomic mass is 10.0. The highest BCUT2D eigenvalue weighted by Crippen LogP contribution is 2.29. The second-order valence-electron chi connectivity index (χ2n) is 5.87. The van der Waals surface area contributed by atoms with Crippen LogP contribution in [0.3, 0.4) is 0 Å². The predicted octanol–water partition coefficient (Wildman–Crippen LogP) is 4.64. The van der Waals surface area contributed by atoms with Crippen molar-refractivity contribution < 1.29 is 22.7 Å². The van der Waals surface area contributed by atoms with Crippen molar-refractivity contribution >= 4 is 5.91 Å². The first-order chi connectivity index (χ1) is 12.2. The number of benzene rings is 1. The van der Waals surface area contributed by atoms with Crippen LogP contribution in [0.25, 0.3) is 0 Å². The minimum atomic E-state index is -4.54. The van der Waals surface area contributed by atoms with Crippen LogP contribution in [0.5, 0.6) is 5.75 Å². The number of pyridine rings is 1. The fraction of sp³-hybridized carbons (Fsp3) is 0.368. The Hall–Kier alpha value is -2.57. The third-order valence-electron chi connectivity index (χ3n) is 4.25. The van der Waals surface area contributed by atoms with Crippen molar-refractivity contribution in [2.45, 2.75) is 33.0 Å². The Labute approximate surface area is 150 Å². The predicted molar refractivity (Wildman–Crippen MR) is 92.1 cm³/mol. The Balaban J connectivity index is 2.33. The van der Waals surface area contributed by atoms with Crippen LogP contribution in [0.1, 0.15) is 47.2 Å². The van der Waals surface area contributed by atoms with E-state index in [2.05, 4.69) is 4.98 Å². The average molecular weight is 366 g/mol. The normalized spacial score (nSPS) is 12.6. The molecule has 0 saturated heterocycles. The largest absolute Gasteiger partial charge is 0.497 e. The Morgan fingerprint density at radius 1 is 1.27 bits per heavy atom. The third kappa shape index (κ3) is 4.15. The molecule has 140 valence electrons. The number of ether oxygens (including phenoxy) is 1. The number of hydrogen-bond acceptors (Lipinski definition) is 3. The molecule has 0 aliphatic rings. The van der Waals surface area contributed by atoms with Crippen molar-refractivity contribution in [3.05, 3.63) is 58.9 Å². The Morgan fingerprint density at radius 2 is 1.96 bits per heavy atom. The van der Waals surface area contributed by atoms with Crippen molar-refractivity contribution in [2.75, 3.05) is 13.7 Å². The molecule has 0 spiro atoms. The number of carbonyl (C=O) groups is 1. The van der Waals surface area contributed by atoms with Gasteiger partial charge in [0.25, 0.3) is 5.91 Å². The number of methoxy groups -OCH3 is 1. The van der Waals surface area contributed by atoms with Gasteiger partial charge in [-0.15, -0.1) is 0 Å². The second-order valence-corrected chi connectivity index (χ2v) is 5.87. The minimum Gasteiger partial charge on any atom is -0.497 e. The van der Waals surface area contributed by atoms with Crippen LogP contribution in [-0.4, -0.2) is 29.4 Å². The number of hydrogen-bond donors (Lipinski definition) is 0. The molecule has 7 heteroatoms. The van der Waals surface area contributed by atoms with E-state index < -0.39 is 11.9 Å². The lowest BCUT2D eigenvalue weighted by Crippen LogP contribution is -2.34. The molecular weight excluding hydrogens is 345 g/mol. The SMILES string of the molecule is CCN(C(=O)c1ccc(C(F)(F)F)nc1C)C(C)c1cccc(OC)c1. The zero-order valence-electron chi connectivity index (χ0n) is 15.1. The number of nitrogens with zero attached hydrogens (tertiary/aromatic N) is 2. The van der Waals surface area contributed by atoms with Crippen LogP contribution in [0.15, 0.2) is 36.4 Å². The highest BCUT2D eigenvalue weighted by atomic mass is 19.4. The molecule has 1 heterocycles. The smallest absolute Gasteiger partial charge is 0.433 e. The number of rotatable bonds is 5. The average Bonchev–Trinajstić information content (AvgIpc) is 2.61. The summed E-state index contributed by atoms with van der Waals surface area (Å²) in [5.41, 5.74) is 0.0863. The number of halogens is 3. The molecule has 2 rings (SSSR count). The van der Waals surface area contributed by atoms with E-state index in [0.29, 0.717) is 12.3 Å². The summed E-state index contributed by atoms with van der Waals surface area (Å²) in [4.78, 5) is 18.0. The summed E-state index contributed by atoms with van der Waals surface area (Å²) in [6, 6.07) is 9.09. The molecule has 26 heavy (non-hydrogen) atoms. The van der Waals surface area contributed by atoms with Gasteiger partial charge in [0.15, 0.2) is 0 Å². The van der Waals surface area contributed by atoms with Gasteiger partial charge >= 0.3 is 6.18 Å². The van der Waals surface area contributed by atoms with Gasteiger partial charge in [0.1, 0.15) is 11.4 Å². The van der Waals surface area contributed by atoms with E-state index in [9.17, 15) is 18.0 Å². The molecule has 1 unspecified atom stereocenters. The zero-order valence-corrected chi connectivity index (χ0v) is 15.1. The summed E-state index contributed by atoms with van der Waals surface area (Å²) in [6.07, 6.45) is -4.54. The van der Waals surface area contributed by atoms with Crippen LogP contribution in [0, 0.1) is 6.92 Å². The van der Waals surface area contributed by atoms with Gasteiger partial charge in [-0.05, 0) is 50.6 Å². The van der Waals surface area contributed by atoms with Crippen molar-refractivity contribution in [3.63, 3.8) is 0 Å². The number of aromatic nitrogens is 1. The lowest BCUT2D eigenvalue weighted by Gasteiger charge is -2.29. The topological polar surface area (TPSA) is 42.4 Å². The highest BCUT2D eigenvalue weighted by Gasteiger charge is 2.33. The van der Waals surface area contributed by atoms with E-state index in [1.54, 1.807) is 18.1 Å². The summed E-state index contributed by atoms with van der Waals surface area (Å²) in [6.45, 7) is 5.49. The van der Waals surface area contributed by atoms with E-state index in [4.69, 9.17) is 4.74 Å². The van der Waals surface area contributed by atoms with Gasteiger partial charge in [0.2, 0.25) is 0 Å². The number of alkyl halides is 3. The summed E-state index contributed by atoms with van der Waals surface area (Å²) in [5.74, 6) is 0.312. The standard InChI is InChI=1S/C19H21F3N2O2/c1-5-24(13(3)14-7-6-8-15(11-14)26-4)18(25)16-9-10-17(19(20,21)22)23-12(16)2/h6-11,13H,5H2,1-4H3. The number of carbonyl (C=O) groups excluding carboxylic acids is 1. The summed E-state index contributed by atoms with van der Waals surface area (Å²) < 4.78 is 43.5. The lowest BCUT2D eigenvalue weighted by molar-refractivity contribution is -0.141. The monoisotopic (exact) mass is 366 g/mol. The van der Waals surface area contributed by atoms with Crippen molar-refractivity contribution in [2.24, 2.45) is 0 Å². The minimum absolute atomic E-state index is 0.0566. The molecule has 1 atom stereocenters. The van der Waals surface area contributed by atoms with Gasteiger partial charge in [0, 0.05) is 6.54 Å². The number of amides is 1. The molecule has 0 radical (unpaired) electrons.